The van der Waals surface area contributed by atoms with Gasteiger partial charge in [-0.1, -0.05) is 24.3 Å². The first-order chi connectivity index (χ1) is 6.61. The third-order valence-corrected chi connectivity index (χ3v) is 2.89. The molecule has 0 heterocycles. The maximum absolute atomic E-state index is 9.96. The number of benzene rings is 2. The molecule has 0 aliphatic heterocycles. The zero-order valence-corrected chi connectivity index (χ0v) is 8.76. The molecule has 2 aromatic carbocycles. The lowest BCUT2D eigenvalue weighted by Gasteiger charge is -2.09. The van der Waals surface area contributed by atoms with Crippen LogP contribution < -0.4 is 0 Å². The topological polar surface area (TPSA) is 20.2 Å². The molecule has 14 heavy (non-hydrogen) atoms. The summed E-state index contributed by atoms with van der Waals surface area (Å²) in [5.41, 5.74) is 3.33. The molecule has 72 valence electrons. The van der Waals surface area contributed by atoms with Crippen molar-refractivity contribution in [2.75, 3.05) is 0 Å². The van der Waals surface area contributed by atoms with Crippen molar-refractivity contribution in [2.24, 2.45) is 0 Å². The molecule has 0 amide bonds. The molecule has 1 N–H and O–H groups in total. The molecular formula is C13H14O. The van der Waals surface area contributed by atoms with E-state index in [9.17, 15) is 5.11 Å². The highest BCUT2D eigenvalue weighted by Crippen LogP contribution is 2.32. The minimum Gasteiger partial charge on any atom is -0.507 e. The zero-order chi connectivity index (χ0) is 10.3. The molecule has 0 saturated carbocycles. The molecule has 0 spiro atoms. The van der Waals surface area contributed by atoms with Crippen LogP contribution in [0.25, 0.3) is 10.8 Å². The molecule has 0 unspecified atom stereocenters. The van der Waals surface area contributed by atoms with Gasteiger partial charge in [0.05, 0.1) is 0 Å². The molecule has 1 nitrogen and oxygen atoms in total. The summed E-state index contributed by atoms with van der Waals surface area (Å²) >= 11 is 0. The SMILES string of the molecule is Cc1cc2c(C)cccc2c(O)c1C. The molecule has 1 heteroatoms. The van der Waals surface area contributed by atoms with Crippen molar-refractivity contribution in [3.8, 4) is 5.75 Å². The lowest BCUT2D eigenvalue weighted by atomic mass is 9.98. The van der Waals surface area contributed by atoms with Crippen LogP contribution in [0.3, 0.4) is 0 Å². The summed E-state index contributed by atoms with van der Waals surface area (Å²) in [5, 5.41) is 12.1. The summed E-state index contributed by atoms with van der Waals surface area (Å²) in [5.74, 6) is 0.420. The first kappa shape index (κ1) is 9.07. The highest BCUT2D eigenvalue weighted by atomic mass is 16.3. The molecule has 0 radical (unpaired) electrons. The largest absolute Gasteiger partial charge is 0.507 e. The Kier molecular flexibility index (Phi) is 1.95. The average molecular weight is 186 g/mol. The minimum absolute atomic E-state index is 0.420. The standard InChI is InChI=1S/C13H14O/c1-8-5-4-6-11-12(8)7-9(2)10(3)13(11)14/h4-7,14H,1-3H3. The van der Waals surface area contributed by atoms with E-state index in [1.807, 2.05) is 26.0 Å². The van der Waals surface area contributed by atoms with E-state index in [2.05, 4.69) is 19.1 Å². The second-order valence-corrected chi connectivity index (χ2v) is 3.84. The number of fused-ring (bicyclic) bond motifs is 1. The van der Waals surface area contributed by atoms with E-state index in [0.717, 1.165) is 21.9 Å². The van der Waals surface area contributed by atoms with Crippen LogP contribution in [0.1, 0.15) is 16.7 Å². The average Bonchev–Trinajstić information content (AvgIpc) is 2.17. The van der Waals surface area contributed by atoms with Crippen LogP contribution in [0, 0.1) is 20.8 Å². The summed E-state index contributed by atoms with van der Waals surface area (Å²) in [7, 11) is 0. The number of aryl methyl sites for hydroxylation is 2. The van der Waals surface area contributed by atoms with Crippen LogP contribution in [0.5, 0.6) is 5.75 Å². The van der Waals surface area contributed by atoms with E-state index in [1.54, 1.807) is 0 Å². The summed E-state index contributed by atoms with van der Waals surface area (Å²) < 4.78 is 0. The van der Waals surface area contributed by atoms with Crippen LogP contribution in [-0.2, 0) is 0 Å². The van der Waals surface area contributed by atoms with Crippen molar-refractivity contribution in [3.63, 3.8) is 0 Å². The Hall–Kier alpha value is -1.50. The van der Waals surface area contributed by atoms with Crippen molar-refractivity contribution in [3.05, 3.63) is 41.0 Å². The number of rotatable bonds is 0. The third kappa shape index (κ3) is 1.17. The Morgan fingerprint density at radius 3 is 2.36 bits per heavy atom. The van der Waals surface area contributed by atoms with E-state index >= 15 is 0 Å². The van der Waals surface area contributed by atoms with Gasteiger partial charge in [-0.25, -0.2) is 0 Å². The van der Waals surface area contributed by atoms with Crippen LogP contribution in [0.2, 0.25) is 0 Å². The lowest BCUT2D eigenvalue weighted by Crippen LogP contribution is -1.86. The molecule has 0 aromatic heterocycles. The number of hydrogen-bond acceptors (Lipinski definition) is 1. The van der Waals surface area contributed by atoms with Crippen molar-refractivity contribution in [2.45, 2.75) is 20.8 Å². The summed E-state index contributed by atoms with van der Waals surface area (Å²) in [4.78, 5) is 0. The number of phenolic OH excluding ortho intramolecular Hbond substituents is 1. The minimum atomic E-state index is 0.420. The van der Waals surface area contributed by atoms with Crippen LogP contribution in [0.15, 0.2) is 24.3 Å². The fraction of sp³-hybridized carbons (Fsp3) is 0.231. The number of phenols is 1. The molecule has 0 fully saturated rings. The maximum atomic E-state index is 9.96. The molecule has 2 aromatic rings. The quantitative estimate of drug-likeness (QED) is 0.668. The van der Waals surface area contributed by atoms with Crippen LogP contribution in [0.4, 0.5) is 0 Å². The smallest absolute Gasteiger partial charge is 0.126 e. The zero-order valence-electron chi connectivity index (χ0n) is 8.76. The Bertz CT molecular complexity index is 498. The predicted octanol–water partition coefficient (Wildman–Crippen LogP) is 3.47. The summed E-state index contributed by atoms with van der Waals surface area (Å²) in [6, 6.07) is 8.15. The monoisotopic (exact) mass is 186 g/mol. The van der Waals surface area contributed by atoms with E-state index in [-0.39, 0.29) is 0 Å². The molecule has 2 rings (SSSR count). The Labute approximate surface area is 84.0 Å². The van der Waals surface area contributed by atoms with Gasteiger partial charge in [0.15, 0.2) is 0 Å². The van der Waals surface area contributed by atoms with Crippen LogP contribution in [-0.4, -0.2) is 5.11 Å². The molecule has 0 bridgehead atoms. The lowest BCUT2D eigenvalue weighted by molar-refractivity contribution is 0.477. The Balaban J connectivity index is 2.98. The second kappa shape index (κ2) is 3.02. The first-order valence-corrected chi connectivity index (χ1v) is 4.79. The predicted molar refractivity (Wildman–Crippen MR) is 59.8 cm³/mol. The number of hydrogen-bond donors (Lipinski definition) is 1. The van der Waals surface area contributed by atoms with Gasteiger partial charge in [0.2, 0.25) is 0 Å². The van der Waals surface area contributed by atoms with Crippen molar-refractivity contribution in [1.29, 1.82) is 0 Å². The van der Waals surface area contributed by atoms with Gasteiger partial charge in [0.1, 0.15) is 5.75 Å². The molecular weight excluding hydrogens is 172 g/mol. The van der Waals surface area contributed by atoms with Gasteiger partial charge in [-0.2, -0.15) is 0 Å². The first-order valence-electron chi connectivity index (χ1n) is 4.79. The van der Waals surface area contributed by atoms with Gasteiger partial charge in [0, 0.05) is 5.39 Å². The second-order valence-electron chi connectivity index (χ2n) is 3.84. The van der Waals surface area contributed by atoms with Gasteiger partial charge >= 0.3 is 0 Å². The fourth-order valence-corrected chi connectivity index (χ4v) is 1.79. The molecule has 0 aliphatic rings. The molecule has 0 aliphatic carbocycles. The highest BCUT2D eigenvalue weighted by molar-refractivity contribution is 5.92. The van der Waals surface area contributed by atoms with E-state index in [4.69, 9.17) is 0 Å². The van der Waals surface area contributed by atoms with Crippen molar-refractivity contribution in [1.82, 2.24) is 0 Å². The van der Waals surface area contributed by atoms with Gasteiger partial charge in [-0.3, -0.25) is 0 Å². The normalized spacial score (nSPS) is 10.8. The van der Waals surface area contributed by atoms with Gasteiger partial charge < -0.3 is 5.11 Å². The Morgan fingerprint density at radius 1 is 0.929 bits per heavy atom. The summed E-state index contributed by atoms with van der Waals surface area (Å²) in [6.07, 6.45) is 0. The van der Waals surface area contributed by atoms with E-state index in [0.29, 0.717) is 5.75 Å². The maximum Gasteiger partial charge on any atom is 0.126 e. The summed E-state index contributed by atoms with van der Waals surface area (Å²) in [6.45, 7) is 6.05. The van der Waals surface area contributed by atoms with Crippen LogP contribution >= 0.6 is 0 Å². The third-order valence-electron chi connectivity index (χ3n) is 2.89. The van der Waals surface area contributed by atoms with Gasteiger partial charge in [-0.15, -0.1) is 0 Å². The van der Waals surface area contributed by atoms with E-state index in [1.165, 1.54) is 5.56 Å². The molecule has 0 atom stereocenters. The fourth-order valence-electron chi connectivity index (χ4n) is 1.79. The number of aromatic hydroxyl groups is 1. The Morgan fingerprint density at radius 2 is 1.64 bits per heavy atom. The highest BCUT2D eigenvalue weighted by Gasteiger charge is 2.06. The molecule has 0 saturated heterocycles. The van der Waals surface area contributed by atoms with Gasteiger partial charge in [-0.05, 0) is 42.8 Å². The van der Waals surface area contributed by atoms with Gasteiger partial charge in [0.25, 0.3) is 0 Å². The van der Waals surface area contributed by atoms with Crippen molar-refractivity contribution < 1.29 is 5.11 Å². The van der Waals surface area contributed by atoms with E-state index < -0.39 is 0 Å². The van der Waals surface area contributed by atoms with Crippen molar-refractivity contribution >= 4 is 10.8 Å².